The summed E-state index contributed by atoms with van der Waals surface area (Å²) in [5, 5.41) is 16.2. The third-order valence-electron chi connectivity index (χ3n) is 2.54. The minimum atomic E-state index is -0.661. The summed E-state index contributed by atoms with van der Waals surface area (Å²) in [6.45, 7) is 2.13. The molecule has 1 aliphatic heterocycles. The van der Waals surface area contributed by atoms with Crippen molar-refractivity contribution in [2.45, 2.75) is 18.4 Å². The molecule has 0 aromatic carbocycles. The van der Waals surface area contributed by atoms with Gasteiger partial charge >= 0.3 is 0 Å². The first-order valence-electron chi connectivity index (χ1n) is 5.26. The fourth-order valence-electron chi connectivity index (χ4n) is 1.57. The van der Waals surface area contributed by atoms with Crippen LogP contribution in [0.3, 0.4) is 0 Å². The number of aliphatic hydroxyl groups is 1. The Morgan fingerprint density at radius 1 is 1.56 bits per heavy atom. The second-order valence-electron chi connectivity index (χ2n) is 3.85. The standard InChI is InChI=1S/C10H18N4O2/c11-9(14-8-15)1-4-13-7-10(16)2-5-12-6-3-10/h1,4,8,12-13,16H,2-3,5-7H2,(H2,11,14,15)/b4-1-. The molecule has 0 radical (unpaired) electrons. The third kappa shape index (κ3) is 4.41. The van der Waals surface area contributed by atoms with Gasteiger partial charge in [-0.3, -0.25) is 4.79 Å². The summed E-state index contributed by atoms with van der Waals surface area (Å²) in [6, 6.07) is 0. The van der Waals surface area contributed by atoms with Crippen LogP contribution in [0.25, 0.3) is 0 Å². The van der Waals surface area contributed by atoms with Crippen LogP contribution in [0.15, 0.2) is 17.3 Å². The number of nitrogens with two attached hydrogens (primary N) is 1. The molecule has 6 nitrogen and oxygen atoms in total. The van der Waals surface area contributed by atoms with Gasteiger partial charge in [0.1, 0.15) is 5.84 Å². The lowest BCUT2D eigenvalue weighted by Crippen LogP contribution is -2.47. The van der Waals surface area contributed by atoms with Crippen LogP contribution in [0.5, 0.6) is 0 Å². The Labute approximate surface area is 94.6 Å². The number of nitrogens with zero attached hydrogens (tertiary/aromatic N) is 1. The van der Waals surface area contributed by atoms with Gasteiger partial charge in [0.2, 0.25) is 6.41 Å². The van der Waals surface area contributed by atoms with Gasteiger partial charge in [-0.1, -0.05) is 0 Å². The zero-order chi connectivity index (χ0) is 11.9. The number of hydrogen-bond donors (Lipinski definition) is 4. The summed E-state index contributed by atoms with van der Waals surface area (Å²) in [4.78, 5) is 13.3. The molecule has 0 aromatic rings. The number of rotatable bonds is 5. The number of hydrogen-bond acceptors (Lipinski definition) is 4. The normalized spacial score (nSPS) is 20.9. The Balaban J connectivity index is 2.28. The maximum Gasteiger partial charge on any atom is 0.234 e. The molecule has 16 heavy (non-hydrogen) atoms. The van der Waals surface area contributed by atoms with Crippen molar-refractivity contribution in [1.82, 2.24) is 10.6 Å². The van der Waals surface area contributed by atoms with Crippen LogP contribution in [-0.4, -0.2) is 42.6 Å². The monoisotopic (exact) mass is 226 g/mol. The van der Waals surface area contributed by atoms with Gasteiger partial charge in [-0.2, -0.15) is 4.99 Å². The van der Waals surface area contributed by atoms with Gasteiger partial charge in [-0.05, 0) is 32.0 Å². The van der Waals surface area contributed by atoms with Crippen molar-refractivity contribution >= 4 is 12.2 Å². The van der Waals surface area contributed by atoms with Gasteiger partial charge in [0.05, 0.1) is 5.60 Å². The van der Waals surface area contributed by atoms with Crippen molar-refractivity contribution in [1.29, 1.82) is 0 Å². The smallest absolute Gasteiger partial charge is 0.234 e. The fraction of sp³-hybridized carbons (Fsp3) is 0.600. The molecule has 0 aromatic heterocycles. The van der Waals surface area contributed by atoms with Crippen molar-refractivity contribution < 1.29 is 9.90 Å². The largest absolute Gasteiger partial charge is 0.388 e. The number of aliphatic imine (C=N–C) groups is 1. The second-order valence-corrected chi connectivity index (χ2v) is 3.85. The van der Waals surface area contributed by atoms with Crippen molar-refractivity contribution in [3.05, 3.63) is 12.3 Å². The zero-order valence-corrected chi connectivity index (χ0v) is 9.15. The molecule has 0 saturated carbocycles. The van der Waals surface area contributed by atoms with Crippen LogP contribution in [0.1, 0.15) is 12.8 Å². The maximum atomic E-state index is 10.1. The van der Waals surface area contributed by atoms with Crippen LogP contribution in [0.2, 0.25) is 0 Å². The van der Waals surface area contributed by atoms with E-state index in [-0.39, 0.29) is 5.84 Å². The predicted molar refractivity (Wildman–Crippen MR) is 61.9 cm³/mol. The van der Waals surface area contributed by atoms with E-state index in [0.717, 1.165) is 25.9 Å². The predicted octanol–water partition coefficient (Wildman–Crippen LogP) is -1.28. The van der Waals surface area contributed by atoms with E-state index >= 15 is 0 Å². The van der Waals surface area contributed by atoms with E-state index in [0.29, 0.717) is 13.0 Å². The lowest BCUT2D eigenvalue weighted by atomic mass is 9.92. The maximum absolute atomic E-state index is 10.1. The number of carbonyl (C=O) groups excluding carboxylic acids is 1. The molecule has 1 saturated heterocycles. The van der Waals surface area contributed by atoms with Crippen LogP contribution < -0.4 is 16.4 Å². The second kappa shape index (κ2) is 6.24. The molecule has 5 N–H and O–H groups in total. The van der Waals surface area contributed by atoms with Gasteiger partial charge in [0.25, 0.3) is 0 Å². The van der Waals surface area contributed by atoms with Crippen LogP contribution in [0, 0.1) is 0 Å². The fourth-order valence-corrected chi connectivity index (χ4v) is 1.57. The van der Waals surface area contributed by atoms with Crippen LogP contribution >= 0.6 is 0 Å². The van der Waals surface area contributed by atoms with Crippen LogP contribution in [-0.2, 0) is 4.79 Å². The minimum Gasteiger partial charge on any atom is -0.388 e. The lowest BCUT2D eigenvalue weighted by molar-refractivity contribution is -0.106. The molecule has 1 amide bonds. The molecule has 6 heteroatoms. The number of carbonyl (C=O) groups is 1. The molecule has 0 bridgehead atoms. The van der Waals surface area contributed by atoms with Crippen molar-refractivity contribution in [3.63, 3.8) is 0 Å². The lowest BCUT2D eigenvalue weighted by Gasteiger charge is -2.32. The molecule has 90 valence electrons. The Morgan fingerprint density at radius 2 is 2.25 bits per heavy atom. The summed E-state index contributed by atoms with van der Waals surface area (Å²) >= 11 is 0. The average molecular weight is 226 g/mol. The molecule has 1 rings (SSSR count). The molecule has 1 aliphatic rings. The van der Waals surface area contributed by atoms with Gasteiger partial charge in [-0.25, -0.2) is 0 Å². The molecule has 1 heterocycles. The van der Waals surface area contributed by atoms with Crippen molar-refractivity contribution in [2.24, 2.45) is 10.7 Å². The quantitative estimate of drug-likeness (QED) is 0.266. The summed E-state index contributed by atoms with van der Waals surface area (Å²) in [5.74, 6) is 0.139. The number of piperidine rings is 1. The summed E-state index contributed by atoms with van der Waals surface area (Å²) in [6.07, 6.45) is 4.92. The highest BCUT2D eigenvalue weighted by Crippen LogP contribution is 2.16. The van der Waals surface area contributed by atoms with E-state index < -0.39 is 5.60 Å². The average Bonchev–Trinajstić information content (AvgIpc) is 2.26. The minimum absolute atomic E-state index is 0.139. The van der Waals surface area contributed by atoms with E-state index in [9.17, 15) is 9.90 Å². The third-order valence-corrected chi connectivity index (χ3v) is 2.54. The molecule has 0 spiro atoms. The topological polar surface area (TPSA) is 99.7 Å². The molecule has 1 fully saturated rings. The van der Waals surface area contributed by atoms with Gasteiger partial charge < -0.3 is 21.5 Å². The zero-order valence-electron chi connectivity index (χ0n) is 9.15. The Hall–Kier alpha value is -1.40. The molecule has 0 aliphatic carbocycles. The van der Waals surface area contributed by atoms with Crippen LogP contribution in [0.4, 0.5) is 0 Å². The molecule has 0 atom stereocenters. The van der Waals surface area contributed by atoms with E-state index in [4.69, 9.17) is 5.73 Å². The van der Waals surface area contributed by atoms with Gasteiger partial charge in [0, 0.05) is 12.7 Å². The number of amidine groups is 1. The number of nitrogens with one attached hydrogen (secondary N) is 2. The highest BCUT2D eigenvalue weighted by atomic mass is 16.3. The van der Waals surface area contributed by atoms with Gasteiger partial charge in [0.15, 0.2) is 0 Å². The SMILES string of the molecule is NC(/C=C\NCC1(O)CCNCC1)=NC=O. The van der Waals surface area contributed by atoms with E-state index in [1.165, 1.54) is 6.08 Å². The van der Waals surface area contributed by atoms with Crippen molar-refractivity contribution in [2.75, 3.05) is 19.6 Å². The molecular formula is C10H18N4O2. The Bertz CT molecular complexity index is 283. The first kappa shape index (κ1) is 12.7. The first-order valence-corrected chi connectivity index (χ1v) is 5.26. The Kier molecular flexibility index (Phi) is 4.94. The summed E-state index contributed by atoms with van der Waals surface area (Å²) in [5.41, 5.74) is 4.70. The van der Waals surface area contributed by atoms with Crippen molar-refractivity contribution in [3.8, 4) is 0 Å². The Morgan fingerprint density at radius 3 is 2.88 bits per heavy atom. The molecular weight excluding hydrogens is 208 g/mol. The first-order chi connectivity index (χ1) is 7.66. The van der Waals surface area contributed by atoms with E-state index in [1.54, 1.807) is 6.20 Å². The van der Waals surface area contributed by atoms with Gasteiger partial charge in [-0.15, -0.1) is 0 Å². The summed E-state index contributed by atoms with van der Waals surface area (Å²) in [7, 11) is 0. The highest BCUT2D eigenvalue weighted by Gasteiger charge is 2.27. The number of amides is 1. The molecule has 0 unspecified atom stereocenters. The highest BCUT2D eigenvalue weighted by molar-refractivity contribution is 5.95. The summed E-state index contributed by atoms with van der Waals surface area (Å²) < 4.78 is 0. The van der Waals surface area contributed by atoms with E-state index in [1.807, 2.05) is 0 Å². The van der Waals surface area contributed by atoms with E-state index in [2.05, 4.69) is 15.6 Å².